The van der Waals surface area contributed by atoms with E-state index in [2.05, 4.69) is 5.32 Å². The highest BCUT2D eigenvalue weighted by molar-refractivity contribution is 6.43. The summed E-state index contributed by atoms with van der Waals surface area (Å²) in [4.78, 5) is 12.4. The number of nitriles is 1. The number of nitrogens with one attached hydrogen (secondary N) is 1. The summed E-state index contributed by atoms with van der Waals surface area (Å²) >= 11 is 0. The Morgan fingerprint density at radius 1 is 1.22 bits per heavy atom. The van der Waals surface area contributed by atoms with Crippen LogP contribution >= 0.6 is 0 Å². The van der Waals surface area contributed by atoms with Gasteiger partial charge >= 0.3 is 7.12 Å². The number of rotatable bonds is 6. The molecule has 3 N–H and O–H groups in total. The van der Waals surface area contributed by atoms with Crippen LogP contribution in [0.2, 0.25) is 0 Å². The first-order chi connectivity index (χ1) is 13.0. The lowest BCUT2D eigenvalue weighted by molar-refractivity contribution is -0.120. The van der Waals surface area contributed by atoms with E-state index in [0.717, 1.165) is 22.1 Å². The third-order valence-corrected chi connectivity index (χ3v) is 4.51. The van der Waals surface area contributed by atoms with Gasteiger partial charge in [-0.3, -0.25) is 4.79 Å². The summed E-state index contributed by atoms with van der Waals surface area (Å²) in [6.45, 7) is 1.93. The molecule has 3 aromatic rings. The fraction of sp³-hybridized carbons (Fsp3) is 0.200. The SMILES string of the molecule is Cc1cccc2c(C[C@H](NC(=O)Cc3ccccc3C#N)B(O)O)coc12. The van der Waals surface area contributed by atoms with E-state index in [0.29, 0.717) is 11.1 Å². The third kappa shape index (κ3) is 4.19. The summed E-state index contributed by atoms with van der Waals surface area (Å²) in [7, 11) is -1.73. The summed E-state index contributed by atoms with van der Waals surface area (Å²) in [5, 5.41) is 32.1. The van der Waals surface area contributed by atoms with Crippen LogP contribution in [0.4, 0.5) is 0 Å². The zero-order valence-electron chi connectivity index (χ0n) is 14.8. The highest BCUT2D eigenvalue weighted by atomic mass is 16.4. The number of nitrogens with zero attached hydrogens (tertiary/aromatic N) is 1. The second kappa shape index (κ2) is 8.08. The highest BCUT2D eigenvalue weighted by Crippen LogP contribution is 2.25. The molecule has 0 aliphatic carbocycles. The fourth-order valence-corrected chi connectivity index (χ4v) is 3.10. The molecule has 0 saturated heterocycles. The maximum Gasteiger partial charge on any atom is 0.475 e. The van der Waals surface area contributed by atoms with Crippen molar-refractivity contribution in [3.63, 3.8) is 0 Å². The molecule has 0 bridgehead atoms. The van der Waals surface area contributed by atoms with Crippen molar-refractivity contribution in [2.75, 3.05) is 0 Å². The average Bonchev–Trinajstić information content (AvgIpc) is 3.06. The molecule has 1 atom stereocenters. The van der Waals surface area contributed by atoms with Crippen molar-refractivity contribution < 1.29 is 19.3 Å². The molecule has 1 amide bonds. The molecule has 6 nitrogen and oxygen atoms in total. The Bertz CT molecular complexity index is 1010. The van der Waals surface area contributed by atoms with Gasteiger partial charge in [-0.2, -0.15) is 5.26 Å². The van der Waals surface area contributed by atoms with Crippen LogP contribution in [0.25, 0.3) is 11.0 Å². The van der Waals surface area contributed by atoms with Crippen LogP contribution in [-0.4, -0.2) is 29.0 Å². The molecule has 0 aliphatic rings. The van der Waals surface area contributed by atoms with Crippen LogP contribution in [-0.2, 0) is 17.6 Å². The van der Waals surface area contributed by atoms with Crippen LogP contribution < -0.4 is 5.32 Å². The van der Waals surface area contributed by atoms with Crippen molar-refractivity contribution in [2.24, 2.45) is 0 Å². The summed E-state index contributed by atoms with van der Waals surface area (Å²) in [5.41, 5.74) is 3.52. The van der Waals surface area contributed by atoms with Gasteiger partial charge in [0.1, 0.15) is 5.58 Å². The Hall–Kier alpha value is -3.08. The van der Waals surface area contributed by atoms with E-state index in [9.17, 15) is 14.8 Å². The molecule has 3 rings (SSSR count). The van der Waals surface area contributed by atoms with Crippen molar-refractivity contribution in [3.8, 4) is 6.07 Å². The zero-order valence-corrected chi connectivity index (χ0v) is 14.8. The van der Waals surface area contributed by atoms with Crippen LogP contribution in [0.1, 0.15) is 22.3 Å². The van der Waals surface area contributed by atoms with E-state index in [1.807, 2.05) is 31.2 Å². The molecular formula is C20H19BN2O4. The number of amides is 1. The third-order valence-electron chi connectivity index (χ3n) is 4.51. The van der Waals surface area contributed by atoms with Crippen molar-refractivity contribution in [2.45, 2.75) is 25.7 Å². The molecular weight excluding hydrogens is 343 g/mol. The fourth-order valence-electron chi connectivity index (χ4n) is 3.10. The first-order valence-electron chi connectivity index (χ1n) is 8.58. The summed E-state index contributed by atoms with van der Waals surface area (Å²) in [5.74, 6) is -1.28. The second-order valence-electron chi connectivity index (χ2n) is 6.45. The lowest BCUT2D eigenvalue weighted by Crippen LogP contribution is -2.48. The van der Waals surface area contributed by atoms with Gasteiger partial charge < -0.3 is 19.8 Å². The van der Waals surface area contributed by atoms with Gasteiger partial charge in [-0.1, -0.05) is 36.4 Å². The average molecular weight is 362 g/mol. The molecule has 136 valence electrons. The van der Waals surface area contributed by atoms with E-state index in [1.54, 1.807) is 30.5 Å². The number of fused-ring (bicyclic) bond motifs is 1. The summed E-state index contributed by atoms with van der Waals surface area (Å²) in [6, 6.07) is 14.6. The van der Waals surface area contributed by atoms with Crippen molar-refractivity contribution in [1.82, 2.24) is 5.32 Å². The molecule has 0 spiro atoms. The van der Waals surface area contributed by atoms with Crippen LogP contribution in [0.3, 0.4) is 0 Å². The van der Waals surface area contributed by atoms with Gasteiger partial charge in [0.25, 0.3) is 0 Å². The lowest BCUT2D eigenvalue weighted by atomic mass is 9.75. The topological polar surface area (TPSA) is 106 Å². The van der Waals surface area contributed by atoms with E-state index >= 15 is 0 Å². The second-order valence-corrected chi connectivity index (χ2v) is 6.45. The maximum atomic E-state index is 12.4. The van der Waals surface area contributed by atoms with Gasteiger partial charge in [0.15, 0.2) is 0 Å². The number of furan rings is 1. The van der Waals surface area contributed by atoms with Gasteiger partial charge in [0, 0.05) is 5.39 Å². The Morgan fingerprint density at radius 2 is 2.00 bits per heavy atom. The molecule has 1 aromatic heterocycles. The predicted molar refractivity (Wildman–Crippen MR) is 102 cm³/mol. The molecule has 7 heteroatoms. The minimum absolute atomic E-state index is 0.0157. The van der Waals surface area contributed by atoms with Crippen molar-refractivity contribution in [3.05, 3.63) is 71.0 Å². The van der Waals surface area contributed by atoms with Gasteiger partial charge in [0.05, 0.1) is 30.3 Å². The Kier molecular flexibility index (Phi) is 5.60. The van der Waals surface area contributed by atoms with Gasteiger partial charge in [0.2, 0.25) is 5.91 Å². The molecule has 0 radical (unpaired) electrons. The Labute approximate surface area is 157 Å². The lowest BCUT2D eigenvalue weighted by Gasteiger charge is -2.17. The summed E-state index contributed by atoms with van der Waals surface area (Å²) in [6.07, 6.45) is 1.77. The Morgan fingerprint density at radius 3 is 2.74 bits per heavy atom. The number of para-hydroxylation sites is 1. The van der Waals surface area contributed by atoms with E-state index in [1.165, 1.54) is 0 Å². The molecule has 0 fully saturated rings. The minimum Gasteiger partial charge on any atom is -0.464 e. The van der Waals surface area contributed by atoms with Crippen molar-refractivity contribution >= 4 is 24.0 Å². The number of hydrogen-bond acceptors (Lipinski definition) is 5. The van der Waals surface area contributed by atoms with Crippen molar-refractivity contribution in [1.29, 1.82) is 5.26 Å². The molecule has 0 unspecified atom stereocenters. The van der Waals surface area contributed by atoms with Gasteiger partial charge in [-0.25, -0.2) is 0 Å². The predicted octanol–water partition coefficient (Wildman–Crippen LogP) is 1.89. The summed E-state index contributed by atoms with van der Waals surface area (Å²) < 4.78 is 5.58. The van der Waals surface area contributed by atoms with Gasteiger partial charge in [-0.05, 0) is 36.1 Å². The zero-order chi connectivity index (χ0) is 19.4. The van der Waals surface area contributed by atoms with E-state index in [-0.39, 0.29) is 18.7 Å². The first-order valence-corrected chi connectivity index (χ1v) is 8.58. The van der Waals surface area contributed by atoms with E-state index < -0.39 is 13.1 Å². The molecule has 1 heterocycles. The maximum absolute atomic E-state index is 12.4. The molecule has 0 saturated carbocycles. The highest BCUT2D eigenvalue weighted by Gasteiger charge is 2.27. The molecule has 27 heavy (non-hydrogen) atoms. The number of benzene rings is 2. The van der Waals surface area contributed by atoms with Crippen LogP contribution in [0.15, 0.2) is 53.1 Å². The normalized spacial score (nSPS) is 11.8. The molecule has 0 aliphatic heterocycles. The molecule has 2 aromatic carbocycles. The number of carbonyl (C=O) groups excluding carboxylic acids is 1. The number of carbonyl (C=O) groups is 1. The van der Waals surface area contributed by atoms with Crippen LogP contribution in [0, 0.1) is 18.3 Å². The number of hydrogen-bond donors (Lipinski definition) is 3. The quantitative estimate of drug-likeness (QED) is 0.581. The monoisotopic (exact) mass is 362 g/mol. The minimum atomic E-state index is -1.73. The smallest absolute Gasteiger partial charge is 0.464 e. The van der Waals surface area contributed by atoms with Crippen LogP contribution in [0.5, 0.6) is 0 Å². The van der Waals surface area contributed by atoms with Gasteiger partial charge in [-0.15, -0.1) is 0 Å². The van der Waals surface area contributed by atoms with E-state index in [4.69, 9.17) is 9.68 Å². The first kappa shape index (κ1) is 18.7. The largest absolute Gasteiger partial charge is 0.475 e. The number of aryl methyl sites for hydroxylation is 1. The Balaban J connectivity index is 1.75. The standard InChI is InChI=1S/C20H19BN2O4/c1-13-5-4-8-17-16(12-27-20(13)17)9-18(21(25)26)23-19(24)10-14-6-2-3-7-15(14)11-22/h2-8,12,18,25-26H,9-10H2,1H3,(H,23,24)/t18-/m0/s1.